The van der Waals surface area contributed by atoms with E-state index in [1.54, 1.807) is 36.3 Å². The number of pyridine rings is 1. The van der Waals surface area contributed by atoms with E-state index in [0.29, 0.717) is 11.4 Å². The number of carbonyl (C=O) groups excluding carboxylic acids is 2. The van der Waals surface area contributed by atoms with Gasteiger partial charge in [0.15, 0.2) is 6.20 Å². The van der Waals surface area contributed by atoms with Crippen molar-refractivity contribution in [2.75, 3.05) is 17.3 Å². The van der Waals surface area contributed by atoms with Crippen molar-refractivity contribution in [2.45, 2.75) is 26.4 Å². The number of hydrogen-bond donors (Lipinski definition) is 1. The number of hydrogen-bond acceptors (Lipinski definition) is 3. The molecule has 3 aromatic rings. The maximum Gasteiger partial charge on any atom is 0.294 e. The molecule has 2 heterocycles. The molecule has 1 N–H and O–H groups in total. The second kappa shape index (κ2) is 7.99. The summed E-state index contributed by atoms with van der Waals surface area (Å²) < 4.78 is 7.01. The lowest BCUT2D eigenvalue weighted by molar-refractivity contribution is -0.695. The average Bonchev–Trinajstić information content (AvgIpc) is 2.72. The molecule has 4 rings (SSSR count). The van der Waals surface area contributed by atoms with E-state index in [-0.39, 0.29) is 18.4 Å². The highest BCUT2D eigenvalue weighted by molar-refractivity contribution is 6.05. The topological polar surface area (TPSA) is 62.5 Å². The Morgan fingerprint density at radius 1 is 1.07 bits per heavy atom. The zero-order valence-corrected chi connectivity index (χ0v) is 17.3. The normalized spacial score (nSPS) is 15.5. The second-order valence-electron chi connectivity index (χ2n) is 7.48. The minimum Gasteiger partial charge on any atom is -0.497 e. The summed E-state index contributed by atoms with van der Waals surface area (Å²) >= 11 is 0. The lowest BCUT2D eigenvalue weighted by Gasteiger charge is -2.32. The van der Waals surface area contributed by atoms with E-state index >= 15 is 0 Å². The molecule has 0 saturated heterocycles. The summed E-state index contributed by atoms with van der Waals surface area (Å²) in [6.45, 7) is 4.16. The highest BCUT2D eigenvalue weighted by Gasteiger charge is 2.43. The molecule has 1 atom stereocenters. The number of methoxy groups -OCH3 is 1. The van der Waals surface area contributed by atoms with Gasteiger partial charge < -0.3 is 10.1 Å². The summed E-state index contributed by atoms with van der Waals surface area (Å²) in [7, 11) is 1.59. The number of benzene rings is 2. The van der Waals surface area contributed by atoms with Crippen LogP contribution in [0.25, 0.3) is 0 Å². The zero-order valence-electron chi connectivity index (χ0n) is 17.3. The van der Waals surface area contributed by atoms with Crippen LogP contribution in [0.1, 0.15) is 22.9 Å². The second-order valence-corrected chi connectivity index (χ2v) is 7.48. The summed E-state index contributed by atoms with van der Waals surface area (Å²) in [5, 5.41) is 2.95. The van der Waals surface area contributed by atoms with Gasteiger partial charge in [0, 0.05) is 23.5 Å². The van der Waals surface area contributed by atoms with Crippen LogP contribution in [0.4, 0.5) is 11.4 Å². The van der Waals surface area contributed by atoms with Gasteiger partial charge in [-0.2, -0.15) is 4.57 Å². The van der Waals surface area contributed by atoms with E-state index in [9.17, 15) is 9.59 Å². The molecular weight excluding hydrogens is 378 g/mol. The largest absolute Gasteiger partial charge is 0.497 e. The predicted octanol–water partition coefficient (Wildman–Crippen LogP) is 3.33. The van der Waals surface area contributed by atoms with Crippen molar-refractivity contribution in [1.29, 1.82) is 0 Å². The van der Waals surface area contributed by atoms with Gasteiger partial charge in [-0.15, -0.1) is 0 Å². The van der Waals surface area contributed by atoms with Crippen LogP contribution in [0.3, 0.4) is 0 Å². The van der Waals surface area contributed by atoms with Gasteiger partial charge in [0.25, 0.3) is 11.8 Å². The van der Waals surface area contributed by atoms with Crippen molar-refractivity contribution in [3.63, 3.8) is 0 Å². The minimum atomic E-state index is -0.782. The number of fused-ring (bicyclic) bond motifs is 1. The Hall–Kier alpha value is -3.67. The van der Waals surface area contributed by atoms with Crippen LogP contribution in [0, 0.1) is 13.8 Å². The number of amides is 2. The molecule has 2 amide bonds. The first-order valence-electron chi connectivity index (χ1n) is 9.80. The Bertz CT molecular complexity index is 1090. The van der Waals surface area contributed by atoms with E-state index in [1.807, 2.05) is 61.0 Å². The van der Waals surface area contributed by atoms with Gasteiger partial charge in [-0.1, -0.05) is 12.1 Å². The van der Waals surface area contributed by atoms with Crippen LogP contribution in [-0.4, -0.2) is 18.9 Å². The standard InChI is InChI=1S/C24H23N3O3/c1-16-12-17(2)14-19(13-16)27-22(28)15-26-11-5-4-6-21(26)23(27)24(29)25-18-7-9-20(30-3)10-8-18/h4-14,23H,15H2,1-3H3/p+1/t23-/m1/s1. The molecule has 1 aliphatic rings. The lowest BCUT2D eigenvalue weighted by Crippen LogP contribution is -2.58. The van der Waals surface area contributed by atoms with Crippen LogP contribution >= 0.6 is 0 Å². The number of anilines is 2. The van der Waals surface area contributed by atoms with Gasteiger partial charge in [-0.05, 0) is 61.4 Å². The van der Waals surface area contributed by atoms with Crippen molar-refractivity contribution in [3.05, 3.63) is 83.7 Å². The fourth-order valence-corrected chi connectivity index (χ4v) is 3.90. The van der Waals surface area contributed by atoms with E-state index < -0.39 is 6.04 Å². The Morgan fingerprint density at radius 2 is 1.77 bits per heavy atom. The molecule has 1 aromatic heterocycles. The van der Waals surface area contributed by atoms with Crippen LogP contribution in [0.5, 0.6) is 5.75 Å². The third-order valence-corrected chi connectivity index (χ3v) is 5.18. The molecule has 1 aliphatic heterocycles. The molecule has 0 spiro atoms. The van der Waals surface area contributed by atoms with Gasteiger partial charge in [0.2, 0.25) is 18.3 Å². The monoisotopic (exact) mass is 402 g/mol. The predicted molar refractivity (Wildman–Crippen MR) is 114 cm³/mol. The van der Waals surface area contributed by atoms with Gasteiger partial charge in [-0.3, -0.25) is 14.5 Å². The summed E-state index contributed by atoms with van der Waals surface area (Å²) in [5.41, 5.74) is 4.21. The van der Waals surface area contributed by atoms with E-state index in [0.717, 1.165) is 22.5 Å². The number of aromatic nitrogens is 1. The number of nitrogens with zero attached hydrogens (tertiary/aromatic N) is 2. The Balaban J connectivity index is 1.76. The number of carbonyl (C=O) groups is 2. The van der Waals surface area contributed by atoms with Crippen LogP contribution in [0.15, 0.2) is 66.9 Å². The van der Waals surface area contributed by atoms with Crippen molar-refractivity contribution >= 4 is 23.2 Å². The van der Waals surface area contributed by atoms with E-state index in [1.165, 1.54) is 0 Å². The molecule has 0 aliphatic carbocycles. The van der Waals surface area contributed by atoms with Crippen molar-refractivity contribution in [3.8, 4) is 5.75 Å². The molecule has 2 aromatic carbocycles. The molecule has 0 radical (unpaired) electrons. The first-order valence-corrected chi connectivity index (χ1v) is 9.80. The average molecular weight is 402 g/mol. The highest BCUT2D eigenvalue weighted by Crippen LogP contribution is 2.31. The minimum absolute atomic E-state index is 0.126. The summed E-state index contributed by atoms with van der Waals surface area (Å²) in [4.78, 5) is 28.2. The number of ether oxygens (including phenoxy) is 1. The Labute approximate surface area is 175 Å². The zero-order chi connectivity index (χ0) is 21.3. The molecule has 0 bridgehead atoms. The van der Waals surface area contributed by atoms with Crippen LogP contribution in [-0.2, 0) is 16.1 Å². The third kappa shape index (κ3) is 3.76. The smallest absolute Gasteiger partial charge is 0.294 e. The number of aryl methyl sites for hydroxylation is 2. The Morgan fingerprint density at radius 3 is 2.43 bits per heavy atom. The van der Waals surface area contributed by atoms with Crippen molar-refractivity contribution in [1.82, 2.24) is 0 Å². The fourth-order valence-electron chi connectivity index (χ4n) is 3.90. The maximum atomic E-state index is 13.4. The summed E-state index contributed by atoms with van der Waals surface area (Å²) in [6.07, 6.45) is 1.83. The Kier molecular flexibility index (Phi) is 5.23. The first-order chi connectivity index (χ1) is 14.5. The summed E-state index contributed by atoms with van der Waals surface area (Å²) in [5.74, 6) is 0.310. The molecule has 30 heavy (non-hydrogen) atoms. The third-order valence-electron chi connectivity index (χ3n) is 5.18. The van der Waals surface area contributed by atoms with Crippen molar-refractivity contribution < 1.29 is 18.9 Å². The van der Waals surface area contributed by atoms with Crippen molar-refractivity contribution in [2.24, 2.45) is 0 Å². The van der Waals surface area contributed by atoms with Gasteiger partial charge in [0.05, 0.1) is 7.11 Å². The van der Waals surface area contributed by atoms with E-state index in [4.69, 9.17) is 4.74 Å². The molecule has 6 nitrogen and oxygen atoms in total. The van der Waals surface area contributed by atoms with Crippen LogP contribution < -0.4 is 19.5 Å². The van der Waals surface area contributed by atoms with Gasteiger partial charge in [0.1, 0.15) is 5.75 Å². The molecule has 0 unspecified atom stereocenters. The first kappa shape index (κ1) is 19.6. The van der Waals surface area contributed by atoms with Gasteiger partial charge in [-0.25, -0.2) is 0 Å². The molecule has 0 fully saturated rings. The fraction of sp³-hybridized carbons (Fsp3) is 0.208. The molecule has 6 heteroatoms. The summed E-state index contributed by atoms with van der Waals surface area (Å²) in [6, 6.07) is 17.9. The lowest BCUT2D eigenvalue weighted by atomic mass is 10.0. The molecular formula is C24H24N3O3+. The molecule has 152 valence electrons. The molecule has 0 saturated carbocycles. The SMILES string of the molecule is COc1ccc(NC(=O)[C@H]2c3cccc[n+]3CC(=O)N2c2cc(C)cc(C)c2)cc1. The maximum absolute atomic E-state index is 13.4. The van der Waals surface area contributed by atoms with Gasteiger partial charge >= 0.3 is 0 Å². The number of nitrogens with one attached hydrogen (secondary N) is 1. The quantitative estimate of drug-likeness (QED) is 0.681. The van der Waals surface area contributed by atoms with Crippen LogP contribution in [0.2, 0.25) is 0 Å². The highest BCUT2D eigenvalue weighted by atomic mass is 16.5. The van der Waals surface area contributed by atoms with E-state index in [2.05, 4.69) is 5.32 Å². The number of rotatable bonds is 4.